The fraction of sp³-hybridized carbons (Fsp3) is 1.00. The Kier molecular flexibility index (Phi) is 20.2. The monoisotopic (exact) mass is 460 g/mol. The molecule has 0 radical (unpaired) electrons. The molecule has 25 heavy (non-hydrogen) atoms. The van der Waals surface area contributed by atoms with Crippen LogP contribution in [0.25, 0.3) is 0 Å². The Morgan fingerprint density at radius 3 is 0.960 bits per heavy atom. The van der Waals surface area contributed by atoms with Crippen molar-refractivity contribution in [3.05, 3.63) is 0 Å². The van der Waals surface area contributed by atoms with Gasteiger partial charge in [-0.05, 0) is 0 Å². The summed E-state index contributed by atoms with van der Waals surface area (Å²) in [5.74, 6) is 0. The second-order valence-corrected chi connectivity index (χ2v) is 23.0. The second kappa shape index (κ2) is 19.6. The zero-order chi connectivity index (χ0) is 18.6. The molecule has 0 nitrogen and oxygen atoms in total. The van der Waals surface area contributed by atoms with Gasteiger partial charge < -0.3 is 0 Å². The molecule has 0 aromatic rings. The standard InChI is InChI=1S/2C8H17.2C4H9.Sn/c2*1-3-5-7-8-6-4-2;2*1-3-4-2;/h2*1,3-8H2,2H3;2*1,3-4H2,2H3;. The van der Waals surface area contributed by atoms with Gasteiger partial charge in [-0.1, -0.05) is 0 Å². The zero-order valence-corrected chi connectivity index (χ0v) is 21.5. The Labute approximate surface area is 166 Å². The van der Waals surface area contributed by atoms with E-state index in [1.165, 1.54) is 77.0 Å². The normalized spacial score (nSPS) is 12.0. The first-order chi connectivity index (χ1) is 12.2. The van der Waals surface area contributed by atoms with Gasteiger partial charge in [0.15, 0.2) is 0 Å². The van der Waals surface area contributed by atoms with E-state index in [2.05, 4.69) is 27.7 Å². The van der Waals surface area contributed by atoms with E-state index >= 15 is 0 Å². The Balaban J connectivity index is 4.35. The zero-order valence-electron chi connectivity index (χ0n) is 18.6. The Bertz CT molecular complexity index is 222. The Hall–Kier alpha value is 0.799. The van der Waals surface area contributed by atoms with Crippen LogP contribution in [-0.2, 0) is 0 Å². The molecule has 0 atom stereocenters. The van der Waals surface area contributed by atoms with Crippen LogP contribution in [0, 0.1) is 0 Å². The molecule has 1 heteroatoms. The first kappa shape index (κ1) is 25.8. The van der Waals surface area contributed by atoms with E-state index in [4.69, 9.17) is 0 Å². The van der Waals surface area contributed by atoms with Crippen LogP contribution in [0.2, 0.25) is 17.7 Å². The summed E-state index contributed by atoms with van der Waals surface area (Å²) in [7, 11) is 0. The predicted molar refractivity (Wildman–Crippen MR) is 122 cm³/mol. The number of unbranched alkanes of at least 4 members (excludes halogenated alkanes) is 12. The molecule has 0 bridgehead atoms. The van der Waals surface area contributed by atoms with Crippen molar-refractivity contribution in [3.8, 4) is 0 Å². The molecule has 0 aromatic carbocycles. The molecule has 0 rings (SSSR count). The molecular formula is C24H52Sn. The number of rotatable bonds is 20. The number of hydrogen-bond acceptors (Lipinski definition) is 0. The van der Waals surface area contributed by atoms with Crippen LogP contribution < -0.4 is 0 Å². The number of hydrogen-bond donors (Lipinski definition) is 0. The first-order valence-corrected chi connectivity index (χ1v) is 20.3. The van der Waals surface area contributed by atoms with Crippen LogP contribution in [-0.4, -0.2) is 18.4 Å². The summed E-state index contributed by atoms with van der Waals surface area (Å²) < 4.78 is 6.90. The molecule has 0 unspecified atom stereocenters. The van der Waals surface area contributed by atoms with Gasteiger partial charge in [-0.3, -0.25) is 0 Å². The third-order valence-corrected chi connectivity index (χ3v) is 22.4. The molecule has 0 aliphatic rings. The van der Waals surface area contributed by atoms with Crippen molar-refractivity contribution in [3.63, 3.8) is 0 Å². The minimum atomic E-state index is -1.83. The molecule has 0 heterocycles. The second-order valence-electron chi connectivity index (χ2n) is 8.74. The molecule has 0 aliphatic carbocycles. The molecular weight excluding hydrogens is 407 g/mol. The molecule has 0 saturated carbocycles. The summed E-state index contributed by atoms with van der Waals surface area (Å²) in [6.07, 6.45) is 23.9. The van der Waals surface area contributed by atoms with Gasteiger partial charge in [0.2, 0.25) is 0 Å². The minimum absolute atomic E-state index is 1.38. The van der Waals surface area contributed by atoms with Gasteiger partial charge in [0.05, 0.1) is 0 Å². The van der Waals surface area contributed by atoms with Crippen molar-refractivity contribution >= 4 is 18.4 Å². The van der Waals surface area contributed by atoms with E-state index in [1.54, 1.807) is 43.4 Å². The third kappa shape index (κ3) is 15.5. The average Bonchev–Trinajstić information content (AvgIpc) is 2.63. The van der Waals surface area contributed by atoms with Gasteiger partial charge in [-0.2, -0.15) is 0 Å². The summed E-state index contributed by atoms with van der Waals surface area (Å²) in [6.45, 7) is 9.48. The van der Waals surface area contributed by atoms with Crippen molar-refractivity contribution in [2.45, 2.75) is 148 Å². The quantitative estimate of drug-likeness (QED) is 0.126. The fourth-order valence-corrected chi connectivity index (χ4v) is 20.7. The molecule has 0 saturated heterocycles. The summed E-state index contributed by atoms with van der Waals surface area (Å²) in [4.78, 5) is 0. The summed E-state index contributed by atoms with van der Waals surface area (Å²) >= 11 is -1.83. The molecule has 0 amide bonds. The van der Waals surface area contributed by atoms with E-state index in [0.29, 0.717) is 0 Å². The predicted octanol–water partition coefficient (Wildman–Crippen LogP) is 9.76. The topological polar surface area (TPSA) is 0 Å². The van der Waals surface area contributed by atoms with Crippen LogP contribution in [0.15, 0.2) is 0 Å². The van der Waals surface area contributed by atoms with Crippen LogP contribution in [0.5, 0.6) is 0 Å². The van der Waals surface area contributed by atoms with Gasteiger partial charge in [0.1, 0.15) is 0 Å². The van der Waals surface area contributed by atoms with Crippen molar-refractivity contribution in [1.29, 1.82) is 0 Å². The maximum atomic E-state index is 2.41. The molecule has 0 fully saturated rings. The third-order valence-electron chi connectivity index (χ3n) is 6.24. The van der Waals surface area contributed by atoms with E-state index in [1.807, 2.05) is 0 Å². The van der Waals surface area contributed by atoms with Crippen LogP contribution in [0.1, 0.15) is 130 Å². The SMILES string of the molecule is CCCCCCC[CH2][Sn]([CH2]CCC)([CH2]CCC)[CH2]CCCCCCC. The maximum absolute atomic E-state index is 2.41. The Morgan fingerprint density at radius 1 is 0.320 bits per heavy atom. The van der Waals surface area contributed by atoms with Crippen LogP contribution in [0.3, 0.4) is 0 Å². The summed E-state index contributed by atoms with van der Waals surface area (Å²) in [6, 6.07) is 0. The molecule has 152 valence electrons. The van der Waals surface area contributed by atoms with E-state index in [0.717, 1.165) is 0 Å². The van der Waals surface area contributed by atoms with Gasteiger partial charge in [0.25, 0.3) is 0 Å². The van der Waals surface area contributed by atoms with E-state index in [-0.39, 0.29) is 0 Å². The molecule has 0 N–H and O–H groups in total. The van der Waals surface area contributed by atoms with Crippen molar-refractivity contribution < 1.29 is 0 Å². The average molecular weight is 459 g/mol. The van der Waals surface area contributed by atoms with Crippen molar-refractivity contribution in [1.82, 2.24) is 0 Å². The van der Waals surface area contributed by atoms with Crippen LogP contribution >= 0.6 is 0 Å². The van der Waals surface area contributed by atoms with Gasteiger partial charge in [-0.15, -0.1) is 0 Å². The van der Waals surface area contributed by atoms with Crippen molar-refractivity contribution in [2.24, 2.45) is 0 Å². The van der Waals surface area contributed by atoms with E-state index < -0.39 is 18.4 Å². The van der Waals surface area contributed by atoms with Crippen LogP contribution in [0.4, 0.5) is 0 Å². The molecule has 0 aliphatic heterocycles. The molecule has 0 aromatic heterocycles. The summed E-state index contributed by atoms with van der Waals surface area (Å²) in [5, 5.41) is 0. The summed E-state index contributed by atoms with van der Waals surface area (Å²) in [5.41, 5.74) is 0. The van der Waals surface area contributed by atoms with E-state index in [9.17, 15) is 0 Å². The fourth-order valence-electron chi connectivity index (χ4n) is 4.41. The van der Waals surface area contributed by atoms with Gasteiger partial charge in [-0.25, -0.2) is 0 Å². The van der Waals surface area contributed by atoms with Gasteiger partial charge in [0, 0.05) is 0 Å². The Morgan fingerprint density at radius 2 is 0.600 bits per heavy atom. The van der Waals surface area contributed by atoms with Gasteiger partial charge >= 0.3 is 167 Å². The van der Waals surface area contributed by atoms with Crippen molar-refractivity contribution in [2.75, 3.05) is 0 Å². The molecule has 0 spiro atoms. The first-order valence-electron chi connectivity index (χ1n) is 12.2.